The third kappa shape index (κ3) is 6.62. The smallest absolute Gasteiger partial charge is 0.250 e. The molecule has 3 aromatic rings. The first-order valence-corrected chi connectivity index (χ1v) is 10.9. The first kappa shape index (κ1) is 19.8. The summed E-state index contributed by atoms with van der Waals surface area (Å²) in [5.74, 6) is 0.742. The van der Waals surface area contributed by atoms with E-state index in [2.05, 4.69) is 25.7 Å². The fourth-order valence-electron chi connectivity index (χ4n) is 1.86. The molecule has 2 heterocycles. The molecular weight excluding hydrogens is 422 g/mol. The Bertz CT molecular complexity index is 920. The maximum Gasteiger partial charge on any atom is 0.250 e. The summed E-state index contributed by atoms with van der Waals surface area (Å²) in [4.78, 5) is 15.8. The molecule has 0 unspecified atom stereocenters. The molecule has 3 rings (SSSR count). The maximum absolute atomic E-state index is 11.8. The van der Waals surface area contributed by atoms with Gasteiger partial charge in [0.25, 0.3) is 5.91 Å². The van der Waals surface area contributed by atoms with Gasteiger partial charge in [-0.15, -0.1) is 10.2 Å². The Kier molecular flexibility index (Phi) is 7.64. The third-order valence-electron chi connectivity index (χ3n) is 3.13. The van der Waals surface area contributed by atoms with Crippen molar-refractivity contribution in [2.75, 3.05) is 5.75 Å². The molecule has 138 valence electrons. The number of aromatic nitrogens is 3. The van der Waals surface area contributed by atoms with Crippen LogP contribution >= 0.6 is 46.5 Å². The summed E-state index contributed by atoms with van der Waals surface area (Å²) in [6, 6.07) is 11.3. The van der Waals surface area contributed by atoms with Crippen LogP contribution in [0.5, 0.6) is 0 Å². The number of nitrogens with one attached hydrogen (secondary N) is 1. The minimum Gasteiger partial charge on any atom is -0.272 e. The zero-order valence-electron chi connectivity index (χ0n) is 13.9. The minimum atomic E-state index is -0.203. The molecule has 2 aromatic heterocycles. The number of hydrogen-bond acceptors (Lipinski definition) is 8. The number of hydrogen-bond donors (Lipinski definition) is 1. The zero-order valence-corrected chi connectivity index (χ0v) is 17.1. The molecular formula is C17H14ClN5OS3. The highest BCUT2D eigenvalue weighted by atomic mass is 35.5. The SMILES string of the molecule is O=C(CSc1nnc(SCc2ccccc2Cl)s1)NN=Cc1ccncc1. The Morgan fingerprint density at radius 2 is 1.89 bits per heavy atom. The summed E-state index contributed by atoms with van der Waals surface area (Å²) in [7, 11) is 0. The predicted octanol–water partition coefficient (Wildman–Crippen LogP) is 4.12. The Morgan fingerprint density at radius 1 is 1.15 bits per heavy atom. The van der Waals surface area contributed by atoms with Crippen LogP contribution in [0.4, 0.5) is 0 Å². The molecule has 6 nitrogen and oxygen atoms in total. The maximum atomic E-state index is 11.8. The lowest BCUT2D eigenvalue weighted by Gasteiger charge is -2.00. The van der Waals surface area contributed by atoms with Crippen LogP contribution in [0.25, 0.3) is 0 Å². The first-order valence-electron chi connectivity index (χ1n) is 7.75. The van der Waals surface area contributed by atoms with Gasteiger partial charge in [0.1, 0.15) is 0 Å². The Balaban J connectivity index is 1.42. The van der Waals surface area contributed by atoms with Gasteiger partial charge in [0, 0.05) is 23.2 Å². The van der Waals surface area contributed by atoms with Crippen molar-refractivity contribution in [1.82, 2.24) is 20.6 Å². The molecule has 27 heavy (non-hydrogen) atoms. The van der Waals surface area contributed by atoms with Crippen LogP contribution in [-0.2, 0) is 10.5 Å². The number of carbonyl (C=O) groups is 1. The monoisotopic (exact) mass is 435 g/mol. The van der Waals surface area contributed by atoms with Crippen LogP contribution in [0, 0.1) is 0 Å². The van der Waals surface area contributed by atoms with Crippen molar-refractivity contribution in [1.29, 1.82) is 0 Å². The zero-order chi connectivity index (χ0) is 18.9. The van der Waals surface area contributed by atoms with Gasteiger partial charge in [0.15, 0.2) is 8.68 Å². The normalized spacial score (nSPS) is 11.0. The second kappa shape index (κ2) is 10.4. The fraction of sp³-hybridized carbons (Fsp3) is 0.118. The van der Waals surface area contributed by atoms with E-state index in [1.165, 1.54) is 23.1 Å². The average Bonchev–Trinajstić information content (AvgIpc) is 3.14. The largest absolute Gasteiger partial charge is 0.272 e. The molecule has 0 aliphatic heterocycles. The van der Waals surface area contributed by atoms with E-state index >= 15 is 0 Å². The van der Waals surface area contributed by atoms with Crippen LogP contribution in [-0.4, -0.2) is 33.1 Å². The van der Waals surface area contributed by atoms with Gasteiger partial charge < -0.3 is 0 Å². The standard InChI is InChI=1S/C17H14ClN5OS3/c18-14-4-2-1-3-13(14)10-25-16-22-23-17(27-16)26-11-15(24)21-20-9-12-5-7-19-8-6-12/h1-9H,10-11H2,(H,21,24). The van der Waals surface area contributed by atoms with Gasteiger partial charge in [-0.2, -0.15) is 5.10 Å². The van der Waals surface area contributed by atoms with Crippen molar-refractivity contribution in [3.63, 3.8) is 0 Å². The highest BCUT2D eigenvalue weighted by Gasteiger charge is 2.09. The number of benzene rings is 1. The van der Waals surface area contributed by atoms with E-state index in [0.29, 0.717) is 0 Å². The molecule has 0 saturated carbocycles. The van der Waals surface area contributed by atoms with E-state index < -0.39 is 0 Å². The number of carbonyl (C=O) groups excluding carboxylic acids is 1. The van der Waals surface area contributed by atoms with Gasteiger partial charge in [0.2, 0.25) is 0 Å². The topological polar surface area (TPSA) is 80.1 Å². The van der Waals surface area contributed by atoms with Crippen molar-refractivity contribution in [3.05, 3.63) is 64.9 Å². The molecule has 10 heteroatoms. The summed E-state index contributed by atoms with van der Waals surface area (Å²) >= 11 is 10.5. The van der Waals surface area contributed by atoms with Crippen LogP contribution in [0.15, 0.2) is 62.6 Å². The lowest BCUT2D eigenvalue weighted by atomic mass is 10.2. The van der Waals surface area contributed by atoms with Crippen molar-refractivity contribution in [2.45, 2.75) is 14.4 Å². The molecule has 1 N–H and O–H groups in total. The van der Waals surface area contributed by atoms with Crippen LogP contribution in [0.3, 0.4) is 0 Å². The van der Waals surface area contributed by atoms with Crippen molar-refractivity contribution in [3.8, 4) is 0 Å². The highest BCUT2D eigenvalue weighted by molar-refractivity contribution is 8.03. The van der Waals surface area contributed by atoms with Gasteiger partial charge in [-0.1, -0.05) is 64.7 Å². The highest BCUT2D eigenvalue weighted by Crippen LogP contribution is 2.32. The summed E-state index contributed by atoms with van der Waals surface area (Å²) in [6.45, 7) is 0. The number of halogens is 1. The molecule has 0 radical (unpaired) electrons. The van der Waals surface area contributed by atoms with Crippen molar-refractivity contribution >= 4 is 58.6 Å². The van der Waals surface area contributed by atoms with E-state index in [9.17, 15) is 4.79 Å². The molecule has 0 bridgehead atoms. The number of pyridine rings is 1. The first-order chi connectivity index (χ1) is 13.2. The lowest BCUT2D eigenvalue weighted by molar-refractivity contribution is -0.118. The second-order valence-corrected chi connectivity index (χ2v) is 8.91. The summed E-state index contributed by atoms with van der Waals surface area (Å²) in [5, 5.41) is 12.9. The van der Waals surface area contributed by atoms with Gasteiger partial charge >= 0.3 is 0 Å². The Hall–Kier alpha value is -1.94. The summed E-state index contributed by atoms with van der Waals surface area (Å²) in [6.07, 6.45) is 4.89. The van der Waals surface area contributed by atoms with E-state index in [0.717, 1.165) is 30.6 Å². The summed E-state index contributed by atoms with van der Waals surface area (Å²) < 4.78 is 1.58. The van der Waals surface area contributed by atoms with E-state index in [1.807, 2.05) is 24.3 Å². The predicted molar refractivity (Wildman–Crippen MR) is 112 cm³/mol. The quantitative estimate of drug-likeness (QED) is 0.325. The van der Waals surface area contributed by atoms with Gasteiger partial charge in [-0.3, -0.25) is 9.78 Å². The van der Waals surface area contributed by atoms with Crippen LogP contribution in [0.1, 0.15) is 11.1 Å². The fourth-order valence-corrected chi connectivity index (χ4v) is 4.95. The van der Waals surface area contributed by atoms with Gasteiger partial charge in [0.05, 0.1) is 12.0 Å². The third-order valence-corrected chi connectivity index (χ3v) is 6.74. The Labute approximate surface area is 173 Å². The van der Waals surface area contributed by atoms with Crippen LogP contribution < -0.4 is 5.43 Å². The molecule has 1 amide bonds. The number of hydrazone groups is 1. The van der Waals surface area contributed by atoms with E-state index in [-0.39, 0.29) is 11.7 Å². The van der Waals surface area contributed by atoms with Crippen molar-refractivity contribution in [2.24, 2.45) is 5.10 Å². The molecule has 1 aromatic carbocycles. The van der Waals surface area contributed by atoms with Crippen molar-refractivity contribution < 1.29 is 4.79 Å². The molecule has 0 aliphatic rings. The van der Waals surface area contributed by atoms with Crippen LogP contribution in [0.2, 0.25) is 5.02 Å². The summed E-state index contributed by atoms with van der Waals surface area (Å²) in [5.41, 5.74) is 4.41. The molecule has 0 atom stereocenters. The Morgan fingerprint density at radius 3 is 2.67 bits per heavy atom. The molecule has 0 spiro atoms. The minimum absolute atomic E-state index is 0.203. The second-order valence-electron chi connectivity index (χ2n) is 5.08. The lowest BCUT2D eigenvalue weighted by Crippen LogP contribution is -2.19. The number of rotatable bonds is 8. The van der Waals surface area contributed by atoms with Gasteiger partial charge in [-0.05, 0) is 29.3 Å². The number of thioether (sulfide) groups is 2. The molecule has 0 fully saturated rings. The van der Waals surface area contributed by atoms with Gasteiger partial charge in [-0.25, -0.2) is 5.43 Å². The van der Waals surface area contributed by atoms with E-state index in [4.69, 9.17) is 11.6 Å². The molecule has 0 saturated heterocycles. The number of amides is 1. The average molecular weight is 436 g/mol. The number of nitrogens with zero attached hydrogens (tertiary/aromatic N) is 4. The van der Waals surface area contributed by atoms with E-state index in [1.54, 1.807) is 42.5 Å². The molecule has 0 aliphatic carbocycles.